The van der Waals surface area contributed by atoms with Crippen LogP contribution in [0.4, 0.5) is 87.8 Å². The maximum atomic E-state index is 15.4. The molecular weight excluding hydrogens is 841 g/mol. The van der Waals surface area contributed by atoms with Crippen LogP contribution in [-0.2, 0) is 25.2 Å². The van der Waals surface area contributed by atoms with E-state index in [2.05, 4.69) is 0 Å². The molecule has 0 fully saturated rings. The van der Waals surface area contributed by atoms with Gasteiger partial charge < -0.3 is 9.90 Å². The minimum absolute atomic E-state index is 0. The van der Waals surface area contributed by atoms with Crippen LogP contribution < -0.4 is 27.0 Å². The molecule has 4 aromatic carbocycles. The minimum atomic E-state index is -7.22. The predicted octanol–water partition coefficient (Wildman–Crippen LogP) is 4.60. The number of rotatable bonds is 4. The molecule has 0 radical (unpaired) electrons. The van der Waals surface area contributed by atoms with Gasteiger partial charge in [-0.05, 0) is 6.92 Å². The van der Waals surface area contributed by atoms with Crippen molar-refractivity contribution in [3.63, 3.8) is 0 Å². The molecule has 0 atom stereocenters. The third-order valence-electron chi connectivity index (χ3n) is 6.71. The van der Waals surface area contributed by atoms with Gasteiger partial charge in [0.05, 0.1) is 0 Å². The molecule has 4 rings (SSSR count). The van der Waals surface area contributed by atoms with Gasteiger partial charge in [0.1, 0.15) is 52.7 Å². The van der Waals surface area contributed by atoms with Crippen molar-refractivity contribution >= 4 is 34.0 Å². The summed E-state index contributed by atoms with van der Waals surface area (Å²) in [5, 5.41) is 8.89. The first kappa shape index (κ1) is 41.8. The van der Waals surface area contributed by atoms with Gasteiger partial charge in [-0.3, -0.25) is 0 Å². The monoisotopic (exact) mass is 844 g/mol. The van der Waals surface area contributed by atoms with E-state index in [0.717, 1.165) is 6.92 Å². The molecule has 2 nitrogen and oxygen atoms in total. The van der Waals surface area contributed by atoms with Gasteiger partial charge in [0.25, 0.3) is 0 Å². The zero-order valence-electron chi connectivity index (χ0n) is 22.8. The standard InChI is InChI=1S/C24BF20.C2H4O2.Pd/c26-5-1(6(27)14(35)21(42)13(5)34)25(2-7(28)15(36)22(43)16(37)8(2)29,3-9(30)17(38)23(44)18(39)10(3)31)4-11(32)19(40)24(45)20(41)12(4)33;1-2(3)4;/h;1H3,(H,3,4);/q-1;;+2/p-1. The van der Waals surface area contributed by atoms with E-state index in [-0.39, 0.29) is 20.4 Å². The summed E-state index contributed by atoms with van der Waals surface area (Å²) in [6.45, 7) is 0.972. The van der Waals surface area contributed by atoms with Gasteiger partial charge in [-0.1, -0.05) is 0 Å². The van der Waals surface area contributed by atoms with E-state index in [9.17, 15) is 52.7 Å². The maximum absolute atomic E-state index is 15.4. The van der Waals surface area contributed by atoms with Gasteiger partial charge in [-0.2, -0.15) is 0 Å². The van der Waals surface area contributed by atoms with Gasteiger partial charge in [0, 0.05) is 5.97 Å². The van der Waals surface area contributed by atoms with Crippen molar-refractivity contribution in [2.24, 2.45) is 0 Å². The van der Waals surface area contributed by atoms with Crippen molar-refractivity contribution in [1.82, 2.24) is 0 Å². The SMILES string of the molecule is CC(=O)[O-].Fc1c(F)c(F)c([B-](c2c(F)c(F)c(F)c(F)c2F)(c2c(F)c(F)c(F)c(F)c2F)c2c(F)c(F)c(F)c(F)c2F)c(F)c1F.[Pd+2]. The first-order valence-corrected chi connectivity index (χ1v) is 11.8. The van der Waals surface area contributed by atoms with Gasteiger partial charge >= 0.3 is 20.4 Å². The van der Waals surface area contributed by atoms with Crippen LogP contribution in [0.2, 0.25) is 0 Å². The number of aliphatic carboxylic acids is 1. The molecule has 0 heterocycles. The molecule has 0 unspecified atom stereocenters. The zero-order chi connectivity index (χ0) is 37.9. The van der Waals surface area contributed by atoms with Crippen LogP contribution in [0, 0.1) is 116 Å². The van der Waals surface area contributed by atoms with Crippen LogP contribution in [0.15, 0.2) is 0 Å². The number of carbonyl (C=O) groups is 1. The van der Waals surface area contributed by atoms with Gasteiger partial charge in [0.15, 0.2) is 69.8 Å². The third-order valence-corrected chi connectivity index (χ3v) is 6.71. The van der Waals surface area contributed by atoms with Crippen LogP contribution in [0.5, 0.6) is 0 Å². The van der Waals surface area contributed by atoms with E-state index >= 15 is 35.1 Å². The average molecular weight is 845 g/mol. The molecule has 0 spiro atoms. The van der Waals surface area contributed by atoms with Crippen LogP contribution >= 0.6 is 0 Å². The minimum Gasteiger partial charge on any atom is -0.550 e. The Balaban J connectivity index is 0.00000164. The van der Waals surface area contributed by atoms with Crippen molar-refractivity contribution in [3.05, 3.63) is 116 Å². The zero-order valence-corrected chi connectivity index (χ0v) is 24.3. The van der Waals surface area contributed by atoms with Crippen LogP contribution in [-0.4, -0.2) is 12.1 Å². The molecular formula is C26H3BF20O2Pd. The molecule has 24 heteroatoms. The number of hydrogen-bond acceptors (Lipinski definition) is 2. The first-order chi connectivity index (χ1) is 22.4. The Bertz CT molecular complexity index is 1690. The topological polar surface area (TPSA) is 40.1 Å². The summed E-state index contributed by atoms with van der Waals surface area (Å²) < 4.78 is 294. The number of halogens is 20. The fourth-order valence-electron chi connectivity index (χ4n) is 4.87. The Hall–Kier alpha value is -4.32. The van der Waals surface area contributed by atoms with Gasteiger partial charge in [0.2, 0.25) is 0 Å². The molecule has 0 aromatic heterocycles. The van der Waals surface area contributed by atoms with E-state index in [1.54, 1.807) is 0 Å². The summed E-state index contributed by atoms with van der Waals surface area (Å²) in [6, 6.07) is 0. The fraction of sp³-hybridized carbons (Fsp3) is 0.0385. The molecule has 4 aromatic rings. The fourth-order valence-corrected chi connectivity index (χ4v) is 4.87. The van der Waals surface area contributed by atoms with Crippen molar-refractivity contribution < 1.29 is 118 Å². The van der Waals surface area contributed by atoms with Crippen LogP contribution in [0.1, 0.15) is 6.92 Å². The van der Waals surface area contributed by atoms with Crippen LogP contribution in [0.25, 0.3) is 0 Å². The Morgan fingerprint density at radius 1 is 0.320 bits per heavy atom. The smallest absolute Gasteiger partial charge is 0.550 e. The molecule has 0 saturated carbocycles. The molecule has 0 aliphatic rings. The summed E-state index contributed by atoms with van der Waals surface area (Å²) in [5.74, 6) is -72.5. The molecule has 50 heavy (non-hydrogen) atoms. The second kappa shape index (κ2) is 14.5. The third kappa shape index (κ3) is 5.95. The average Bonchev–Trinajstić information content (AvgIpc) is 3.04. The molecule has 0 amide bonds. The Kier molecular flexibility index (Phi) is 12.1. The predicted molar refractivity (Wildman–Crippen MR) is 120 cm³/mol. The van der Waals surface area contributed by atoms with E-state index in [4.69, 9.17) is 9.90 Å². The number of carbonyl (C=O) groups excluding carboxylic acids is 1. The largest absolute Gasteiger partial charge is 2.00 e. The molecule has 0 N–H and O–H groups in total. The number of hydrogen-bond donors (Lipinski definition) is 0. The molecule has 0 saturated heterocycles. The number of carboxylic acid groups (broad SMARTS) is 1. The molecule has 0 bridgehead atoms. The Morgan fingerprint density at radius 2 is 0.400 bits per heavy atom. The van der Waals surface area contributed by atoms with Gasteiger partial charge in [-0.25, -0.2) is 87.8 Å². The van der Waals surface area contributed by atoms with Gasteiger partial charge in [-0.15, -0.1) is 21.9 Å². The van der Waals surface area contributed by atoms with Crippen LogP contribution in [0.3, 0.4) is 0 Å². The van der Waals surface area contributed by atoms with Crippen molar-refractivity contribution in [3.8, 4) is 0 Å². The number of carboxylic acids is 1. The molecule has 0 aliphatic carbocycles. The van der Waals surface area contributed by atoms with Crippen molar-refractivity contribution in [2.45, 2.75) is 6.92 Å². The Morgan fingerprint density at radius 3 is 0.500 bits per heavy atom. The second-order valence-electron chi connectivity index (χ2n) is 9.29. The Labute approximate surface area is 275 Å². The van der Waals surface area contributed by atoms with E-state index in [0.29, 0.717) is 0 Å². The summed E-state index contributed by atoms with van der Waals surface area (Å²) in [6.07, 6.45) is -7.22. The quantitative estimate of drug-likeness (QED) is 0.131. The molecule has 0 aliphatic heterocycles. The molecule has 272 valence electrons. The summed E-state index contributed by atoms with van der Waals surface area (Å²) >= 11 is 0. The first-order valence-electron chi connectivity index (χ1n) is 11.8. The van der Waals surface area contributed by atoms with E-state index < -0.39 is 150 Å². The summed E-state index contributed by atoms with van der Waals surface area (Å²) in [5.41, 5.74) is -14.3. The maximum Gasteiger partial charge on any atom is 2.00 e. The normalized spacial score (nSPS) is 11.3. The number of benzene rings is 4. The van der Waals surface area contributed by atoms with Crippen molar-refractivity contribution in [2.75, 3.05) is 0 Å². The summed E-state index contributed by atoms with van der Waals surface area (Å²) in [7, 11) is 0. The van der Waals surface area contributed by atoms with E-state index in [1.165, 1.54) is 0 Å². The second-order valence-corrected chi connectivity index (χ2v) is 9.29. The van der Waals surface area contributed by atoms with Crippen molar-refractivity contribution in [1.29, 1.82) is 0 Å². The van der Waals surface area contributed by atoms with E-state index in [1.807, 2.05) is 0 Å². The summed E-state index contributed by atoms with van der Waals surface area (Å²) in [4.78, 5) is 8.89.